The zero-order valence-corrected chi connectivity index (χ0v) is 28.8. The van der Waals surface area contributed by atoms with Gasteiger partial charge in [0.25, 0.3) is 0 Å². The molecule has 0 amide bonds. The summed E-state index contributed by atoms with van der Waals surface area (Å²) in [6.07, 6.45) is 6.28. The summed E-state index contributed by atoms with van der Waals surface area (Å²) in [6.45, 7) is 17.7. The van der Waals surface area contributed by atoms with Crippen LogP contribution in [0.25, 0.3) is 0 Å². The van der Waals surface area contributed by atoms with E-state index in [2.05, 4.69) is 55.4 Å². The maximum Gasteiger partial charge on any atom is 0.327 e. The summed E-state index contributed by atoms with van der Waals surface area (Å²) in [6, 6.07) is 0. The van der Waals surface area contributed by atoms with Gasteiger partial charge < -0.3 is 48.3 Å². The van der Waals surface area contributed by atoms with Crippen LogP contribution in [0, 0.1) is 21.7 Å². The molecule has 0 spiro atoms. The molecule has 0 aliphatic heterocycles. The van der Waals surface area contributed by atoms with E-state index in [1.807, 2.05) is 0 Å². The molecule has 0 atom stereocenters. The van der Waals surface area contributed by atoms with Gasteiger partial charge in [-0.2, -0.15) is 0 Å². The molecule has 0 aromatic carbocycles. The van der Waals surface area contributed by atoms with Gasteiger partial charge in [0, 0.05) is 16.5 Å². The molecule has 0 radical (unpaired) electrons. The van der Waals surface area contributed by atoms with Crippen LogP contribution in [0.4, 0.5) is 0 Å². The van der Waals surface area contributed by atoms with Gasteiger partial charge in [-0.3, -0.25) is 0 Å². The Morgan fingerprint density at radius 2 is 0.683 bits per heavy atom. The molecule has 246 valence electrons. The molecule has 0 heterocycles. The molecule has 4 fully saturated rings. The molecular formula is C28H54NiO10P2. The minimum absolute atomic E-state index is 0. The van der Waals surface area contributed by atoms with Gasteiger partial charge >= 0.3 is 17.2 Å². The first kappa shape index (κ1) is 38.1. The van der Waals surface area contributed by atoms with Crippen molar-refractivity contribution in [1.82, 2.24) is 0 Å². The molecule has 0 aromatic heterocycles. The Morgan fingerprint density at radius 3 is 0.854 bits per heavy atom. The Morgan fingerprint density at radius 1 is 0.463 bits per heavy atom. The summed E-state index contributed by atoms with van der Waals surface area (Å²) in [5.74, 6) is 0. The van der Waals surface area contributed by atoms with Crippen molar-refractivity contribution in [3.05, 3.63) is 0 Å². The fourth-order valence-electron chi connectivity index (χ4n) is 8.82. The number of aliphatic hydroxyl groups excluding tert-OH is 2. The first-order valence-electron chi connectivity index (χ1n) is 14.3. The average Bonchev–Trinajstić information content (AvgIpc) is 2.69. The average molecular weight is 671 g/mol. The Labute approximate surface area is 258 Å². The van der Waals surface area contributed by atoms with Crippen molar-refractivity contribution in [2.24, 2.45) is 21.7 Å². The zero-order chi connectivity index (χ0) is 30.5. The molecule has 0 bridgehead atoms. The summed E-state index contributed by atoms with van der Waals surface area (Å²) in [5.41, 5.74) is -1.67. The van der Waals surface area contributed by atoms with Crippen LogP contribution in [-0.2, 0) is 35.0 Å². The van der Waals surface area contributed by atoms with Crippen molar-refractivity contribution in [2.45, 2.75) is 129 Å². The molecule has 6 N–H and O–H groups in total. The summed E-state index contributed by atoms with van der Waals surface area (Å²) >= 11 is 0. The molecule has 41 heavy (non-hydrogen) atoms. The fraction of sp³-hybridized carbons (Fsp3) is 1.00. The van der Waals surface area contributed by atoms with Crippen molar-refractivity contribution in [1.29, 1.82) is 0 Å². The Bertz CT molecular complexity index is 767. The van der Waals surface area contributed by atoms with E-state index in [1.54, 1.807) is 0 Å². The van der Waals surface area contributed by atoms with Crippen LogP contribution in [0.15, 0.2) is 0 Å². The van der Waals surface area contributed by atoms with Crippen molar-refractivity contribution in [2.75, 3.05) is 26.4 Å². The number of hydrogen-bond donors (Lipinski definition) is 6. The minimum atomic E-state index is -2.41. The van der Waals surface area contributed by atoms with Crippen LogP contribution in [0.1, 0.15) is 107 Å². The number of ether oxygens (including phenoxy) is 2. The Kier molecular flexibility index (Phi) is 12.1. The van der Waals surface area contributed by atoms with E-state index in [-0.39, 0.29) is 64.6 Å². The monoisotopic (exact) mass is 670 g/mol. The van der Waals surface area contributed by atoms with Crippen LogP contribution in [0.3, 0.4) is 0 Å². The molecular weight excluding hydrogens is 617 g/mol. The molecule has 0 saturated heterocycles. The number of hydrogen-bond acceptors (Lipinski definition) is 10. The van der Waals surface area contributed by atoms with Gasteiger partial charge in [-0.05, 0) is 73.0 Å². The minimum Gasteiger partial charge on any atom is -0.394 e. The van der Waals surface area contributed by atoms with E-state index in [4.69, 9.17) is 28.7 Å². The van der Waals surface area contributed by atoms with E-state index in [1.165, 1.54) is 0 Å². The summed E-state index contributed by atoms with van der Waals surface area (Å²) < 4.78 is 23.1. The van der Waals surface area contributed by atoms with Gasteiger partial charge in [-0.15, -0.1) is 0 Å². The third-order valence-corrected chi connectivity index (χ3v) is 10.3. The van der Waals surface area contributed by atoms with Gasteiger partial charge in [0.05, 0.1) is 37.6 Å². The van der Waals surface area contributed by atoms with Crippen molar-refractivity contribution in [3.63, 3.8) is 0 Å². The van der Waals surface area contributed by atoms with E-state index < -0.39 is 39.6 Å². The molecule has 13 heteroatoms. The maximum atomic E-state index is 9.35. The molecule has 4 aliphatic rings. The smallest absolute Gasteiger partial charge is 0.327 e. The van der Waals surface area contributed by atoms with E-state index in [9.17, 15) is 19.6 Å². The summed E-state index contributed by atoms with van der Waals surface area (Å²) in [7, 11) is -4.82. The zero-order valence-electron chi connectivity index (χ0n) is 26.0. The van der Waals surface area contributed by atoms with Gasteiger partial charge in [0.1, 0.15) is 11.2 Å². The topological polar surface area (TPSA) is 158 Å². The number of rotatable bonds is 12. The standard InChI is InChI=1S/2C14H27O5P.Ni/c2*1-11(2)7-13(8-11,18-6-5-15)14(19-20(16)17)9-12(3,4)10-14;/h2*15-17H,5-10H2,1-4H3;. The van der Waals surface area contributed by atoms with Gasteiger partial charge in [0.2, 0.25) is 0 Å². The van der Waals surface area contributed by atoms with E-state index in [0.29, 0.717) is 0 Å². The van der Waals surface area contributed by atoms with Crippen LogP contribution in [-0.4, -0.2) is 78.6 Å². The normalized spacial score (nSPS) is 28.1. The van der Waals surface area contributed by atoms with Crippen molar-refractivity contribution in [3.8, 4) is 0 Å². The third-order valence-electron chi connectivity index (χ3n) is 9.23. The van der Waals surface area contributed by atoms with E-state index >= 15 is 0 Å². The second-order valence-electron chi connectivity index (χ2n) is 15.9. The van der Waals surface area contributed by atoms with Crippen LogP contribution in [0.5, 0.6) is 0 Å². The molecule has 10 nitrogen and oxygen atoms in total. The van der Waals surface area contributed by atoms with Gasteiger partial charge in [-0.25, -0.2) is 0 Å². The van der Waals surface area contributed by atoms with E-state index in [0.717, 1.165) is 51.4 Å². The predicted molar refractivity (Wildman–Crippen MR) is 154 cm³/mol. The van der Waals surface area contributed by atoms with Gasteiger partial charge in [0.15, 0.2) is 0 Å². The quantitative estimate of drug-likeness (QED) is 0.127. The summed E-state index contributed by atoms with van der Waals surface area (Å²) in [4.78, 5) is 37.4. The Balaban J connectivity index is 0.000000280. The third kappa shape index (κ3) is 8.22. The SMILES string of the molecule is CC1(C)CC(OCCO)(C2(OP(O)O)CC(C)(C)C2)C1.CC1(C)CC(OCCO)(C2(OP(O)O)CC(C)(C)C2)C1.[Ni]. The van der Waals surface area contributed by atoms with Gasteiger partial charge in [-0.1, -0.05) is 55.4 Å². The molecule has 4 aliphatic carbocycles. The second kappa shape index (κ2) is 13.0. The largest absolute Gasteiger partial charge is 0.394 e. The maximum absolute atomic E-state index is 9.35. The molecule has 4 saturated carbocycles. The van der Waals surface area contributed by atoms with Crippen LogP contribution >= 0.6 is 17.2 Å². The second-order valence-corrected chi connectivity index (χ2v) is 17.3. The molecule has 0 aromatic rings. The predicted octanol–water partition coefficient (Wildman–Crippen LogP) is 4.68. The van der Waals surface area contributed by atoms with Crippen molar-refractivity contribution < 1.29 is 64.8 Å². The van der Waals surface area contributed by atoms with Crippen LogP contribution in [0.2, 0.25) is 0 Å². The van der Waals surface area contributed by atoms with Crippen molar-refractivity contribution >= 4 is 17.2 Å². The van der Waals surface area contributed by atoms with Crippen LogP contribution < -0.4 is 0 Å². The first-order chi connectivity index (χ1) is 18.1. The molecule has 0 unspecified atom stereocenters. The fourth-order valence-corrected chi connectivity index (χ4v) is 10.0. The summed E-state index contributed by atoms with van der Waals surface area (Å²) in [5, 5.41) is 18.1. The Hall–Kier alpha value is 0.954. The number of aliphatic hydroxyl groups is 2. The molecule has 4 rings (SSSR count). The first-order valence-corrected chi connectivity index (χ1v) is 16.7.